The molecule has 1 fully saturated rings. The maximum atomic E-state index is 12.7. The lowest BCUT2D eigenvalue weighted by atomic mass is 10.0. The van der Waals surface area contributed by atoms with Crippen molar-refractivity contribution in [1.82, 2.24) is 19.6 Å². The van der Waals surface area contributed by atoms with E-state index >= 15 is 0 Å². The SMILES string of the molecule is O=C(Cc1ccc(-c2ccccc2)cc1)N1CCN(CCn2cccn2)CC1. The van der Waals surface area contributed by atoms with Crippen LogP contribution >= 0.6 is 0 Å². The zero-order chi connectivity index (χ0) is 19.2. The third-order valence-electron chi connectivity index (χ3n) is 5.35. The molecule has 0 radical (unpaired) electrons. The Hall–Kier alpha value is -2.92. The van der Waals surface area contributed by atoms with Crippen molar-refractivity contribution < 1.29 is 4.79 Å². The van der Waals surface area contributed by atoms with Crippen LogP contribution in [0.2, 0.25) is 0 Å². The van der Waals surface area contributed by atoms with Crippen LogP contribution in [-0.4, -0.2) is 58.2 Å². The van der Waals surface area contributed by atoms with E-state index in [4.69, 9.17) is 0 Å². The summed E-state index contributed by atoms with van der Waals surface area (Å²) < 4.78 is 1.95. The van der Waals surface area contributed by atoms with Crippen LogP contribution in [0.25, 0.3) is 11.1 Å². The number of aromatic nitrogens is 2. The van der Waals surface area contributed by atoms with E-state index in [1.165, 1.54) is 11.1 Å². The van der Waals surface area contributed by atoms with Gasteiger partial charge in [-0.05, 0) is 22.8 Å². The number of benzene rings is 2. The molecule has 1 saturated heterocycles. The first-order valence-corrected chi connectivity index (χ1v) is 9.90. The number of hydrogen-bond acceptors (Lipinski definition) is 3. The van der Waals surface area contributed by atoms with Crippen LogP contribution in [0.4, 0.5) is 0 Å². The maximum Gasteiger partial charge on any atom is 0.227 e. The van der Waals surface area contributed by atoms with Gasteiger partial charge in [0.25, 0.3) is 0 Å². The van der Waals surface area contributed by atoms with Gasteiger partial charge >= 0.3 is 0 Å². The standard InChI is InChI=1S/C23H26N4O/c28-23(19-20-7-9-22(10-8-20)21-5-2-1-3-6-21)26-16-13-25(14-17-26)15-18-27-12-4-11-24-27/h1-12H,13-19H2. The summed E-state index contributed by atoms with van der Waals surface area (Å²) in [5, 5.41) is 4.24. The third-order valence-corrected chi connectivity index (χ3v) is 5.35. The van der Waals surface area contributed by atoms with E-state index < -0.39 is 0 Å². The van der Waals surface area contributed by atoms with Crippen LogP contribution in [0.5, 0.6) is 0 Å². The number of piperazine rings is 1. The molecule has 0 spiro atoms. The molecule has 1 aliphatic rings. The van der Waals surface area contributed by atoms with Gasteiger partial charge in [-0.3, -0.25) is 14.4 Å². The van der Waals surface area contributed by atoms with Gasteiger partial charge in [-0.15, -0.1) is 0 Å². The highest BCUT2D eigenvalue weighted by Gasteiger charge is 2.21. The summed E-state index contributed by atoms with van der Waals surface area (Å²) in [5.74, 6) is 0.221. The molecule has 0 saturated carbocycles. The number of hydrogen-bond donors (Lipinski definition) is 0. The van der Waals surface area contributed by atoms with Gasteiger partial charge in [0.15, 0.2) is 0 Å². The second-order valence-electron chi connectivity index (χ2n) is 7.23. The van der Waals surface area contributed by atoms with Crippen molar-refractivity contribution in [1.29, 1.82) is 0 Å². The van der Waals surface area contributed by atoms with Crippen LogP contribution in [0.1, 0.15) is 5.56 Å². The number of carbonyl (C=O) groups excluding carboxylic acids is 1. The molecule has 2 aromatic carbocycles. The van der Waals surface area contributed by atoms with Gasteiger partial charge in [-0.1, -0.05) is 54.6 Å². The van der Waals surface area contributed by atoms with E-state index in [0.717, 1.165) is 44.8 Å². The minimum Gasteiger partial charge on any atom is -0.340 e. The van der Waals surface area contributed by atoms with Crippen LogP contribution < -0.4 is 0 Å². The lowest BCUT2D eigenvalue weighted by molar-refractivity contribution is -0.132. The van der Waals surface area contributed by atoms with Crippen LogP contribution in [0, 0.1) is 0 Å². The summed E-state index contributed by atoms with van der Waals surface area (Å²) in [6, 6.07) is 20.6. The van der Waals surface area contributed by atoms with Crippen LogP contribution in [0.3, 0.4) is 0 Å². The zero-order valence-electron chi connectivity index (χ0n) is 16.1. The fourth-order valence-corrected chi connectivity index (χ4v) is 3.63. The van der Waals surface area contributed by atoms with Gasteiger partial charge in [-0.2, -0.15) is 5.10 Å². The smallest absolute Gasteiger partial charge is 0.227 e. The fourth-order valence-electron chi connectivity index (χ4n) is 3.63. The summed E-state index contributed by atoms with van der Waals surface area (Å²) in [6.07, 6.45) is 4.27. The molecule has 3 aromatic rings. The number of rotatable bonds is 6. The van der Waals surface area contributed by atoms with E-state index in [2.05, 4.69) is 46.4 Å². The van der Waals surface area contributed by atoms with Gasteiger partial charge < -0.3 is 4.90 Å². The normalized spacial score (nSPS) is 14.9. The Labute approximate surface area is 166 Å². The number of carbonyl (C=O) groups is 1. The first kappa shape index (κ1) is 18.4. The molecule has 0 bridgehead atoms. The Kier molecular flexibility index (Phi) is 5.83. The molecule has 4 rings (SSSR count). The van der Waals surface area contributed by atoms with Crippen LogP contribution in [0.15, 0.2) is 73.1 Å². The Morgan fingerprint density at radius 1 is 0.821 bits per heavy atom. The molecule has 0 aliphatic carbocycles. The first-order chi connectivity index (χ1) is 13.8. The Morgan fingerprint density at radius 2 is 1.54 bits per heavy atom. The number of nitrogens with zero attached hydrogens (tertiary/aromatic N) is 4. The molecule has 5 nitrogen and oxygen atoms in total. The second-order valence-corrected chi connectivity index (χ2v) is 7.23. The Morgan fingerprint density at radius 3 is 2.21 bits per heavy atom. The fraction of sp³-hybridized carbons (Fsp3) is 0.304. The molecule has 1 amide bonds. The van der Waals surface area contributed by atoms with Crippen molar-refractivity contribution in [2.24, 2.45) is 0 Å². The quantitative estimate of drug-likeness (QED) is 0.666. The van der Waals surface area contributed by atoms with Crippen molar-refractivity contribution in [3.63, 3.8) is 0 Å². The van der Waals surface area contributed by atoms with Gasteiger partial charge in [-0.25, -0.2) is 0 Å². The minimum atomic E-state index is 0.221. The maximum absolute atomic E-state index is 12.7. The van der Waals surface area contributed by atoms with Crippen molar-refractivity contribution in [2.75, 3.05) is 32.7 Å². The number of amides is 1. The van der Waals surface area contributed by atoms with Gasteiger partial charge in [0.2, 0.25) is 5.91 Å². The zero-order valence-corrected chi connectivity index (χ0v) is 16.1. The second kappa shape index (κ2) is 8.85. The minimum absolute atomic E-state index is 0.221. The Bertz CT molecular complexity index is 867. The predicted molar refractivity (Wildman–Crippen MR) is 111 cm³/mol. The largest absolute Gasteiger partial charge is 0.340 e. The first-order valence-electron chi connectivity index (χ1n) is 9.90. The van der Waals surface area contributed by atoms with Gasteiger partial charge in [0.05, 0.1) is 13.0 Å². The summed E-state index contributed by atoms with van der Waals surface area (Å²) in [7, 11) is 0. The molecule has 0 N–H and O–H groups in total. The summed E-state index contributed by atoms with van der Waals surface area (Å²) in [5.41, 5.74) is 3.46. The van der Waals surface area contributed by atoms with Crippen molar-refractivity contribution in [3.05, 3.63) is 78.6 Å². The lowest BCUT2D eigenvalue weighted by Gasteiger charge is -2.34. The highest BCUT2D eigenvalue weighted by Crippen LogP contribution is 2.19. The molecule has 0 unspecified atom stereocenters. The third kappa shape index (κ3) is 4.67. The Balaban J connectivity index is 1.25. The topological polar surface area (TPSA) is 41.4 Å². The molecule has 1 aliphatic heterocycles. The van der Waals surface area contributed by atoms with Crippen molar-refractivity contribution >= 4 is 5.91 Å². The molecule has 0 atom stereocenters. The summed E-state index contributed by atoms with van der Waals surface area (Å²) in [6.45, 7) is 5.35. The molecule has 2 heterocycles. The molecular weight excluding hydrogens is 348 g/mol. The highest BCUT2D eigenvalue weighted by molar-refractivity contribution is 5.79. The van der Waals surface area contributed by atoms with Crippen molar-refractivity contribution in [2.45, 2.75) is 13.0 Å². The molecule has 144 valence electrons. The van der Waals surface area contributed by atoms with E-state index in [1.807, 2.05) is 46.2 Å². The van der Waals surface area contributed by atoms with E-state index in [-0.39, 0.29) is 5.91 Å². The molecule has 1 aromatic heterocycles. The van der Waals surface area contributed by atoms with Gasteiger partial charge in [0, 0.05) is 45.1 Å². The average molecular weight is 374 g/mol. The molecule has 28 heavy (non-hydrogen) atoms. The monoisotopic (exact) mass is 374 g/mol. The molecular formula is C23H26N4O. The average Bonchev–Trinajstić information content (AvgIpc) is 3.27. The van der Waals surface area contributed by atoms with E-state index in [1.54, 1.807) is 0 Å². The lowest BCUT2D eigenvalue weighted by Crippen LogP contribution is -2.49. The summed E-state index contributed by atoms with van der Waals surface area (Å²) >= 11 is 0. The van der Waals surface area contributed by atoms with Crippen molar-refractivity contribution in [3.8, 4) is 11.1 Å². The highest BCUT2D eigenvalue weighted by atomic mass is 16.2. The van der Waals surface area contributed by atoms with Gasteiger partial charge in [0.1, 0.15) is 0 Å². The van der Waals surface area contributed by atoms with Crippen LogP contribution in [-0.2, 0) is 17.8 Å². The van der Waals surface area contributed by atoms with E-state index in [0.29, 0.717) is 6.42 Å². The van der Waals surface area contributed by atoms with E-state index in [9.17, 15) is 4.79 Å². The predicted octanol–water partition coefficient (Wildman–Crippen LogP) is 2.94. The molecule has 5 heteroatoms. The summed E-state index contributed by atoms with van der Waals surface area (Å²) in [4.78, 5) is 17.1.